The Morgan fingerprint density at radius 2 is 1.90 bits per heavy atom. The molecule has 4 heteroatoms. The van der Waals surface area contributed by atoms with Gasteiger partial charge in [-0.15, -0.1) is 0 Å². The molecule has 1 N–H and O–H groups in total. The van der Waals surface area contributed by atoms with E-state index in [1.54, 1.807) is 6.92 Å². The Labute approximate surface area is 124 Å². The molecular formula is C17H20O4. The van der Waals surface area contributed by atoms with Gasteiger partial charge in [0.05, 0.1) is 13.2 Å². The number of hydrogen-bond donors (Lipinski definition) is 1. The summed E-state index contributed by atoms with van der Waals surface area (Å²) in [5, 5.41) is 8.88. The fourth-order valence-corrected chi connectivity index (χ4v) is 2.09. The molecule has 0 unspecified atom stereocenters. The van der Waals surface area contributed by atoms with E-state index in [0.29, 0.717) is 25.9 Å². The summed E-state index contributed by atoms with van der Waals surface area (Å²) in [6.07, 6.45) is 1.60. The van der Waals surface area contributed by atoms with Crippen molar-refractivity contribution < 1.29 is 19.1 Å². The first-order chi connectivity index (χ1) is 10.2. The van der Waals surface area contributed by atoms with Gasteiger partial charge >= 0.3 is 5.97 Å². The average molecular weight is 288 g/mol. The molecule has 0 atom stereocenters. The van der Waals surface area contributed by atoms with Crippen molar-refractivity contribution in [2.75, 3.05) is 13.2 Å². The maximum atomic E-state index is 11.3. The van der Waals surface area contributed by atoms with Crippen LogP contribution in [0.25, 0.3) is 11.3 Å². The van der Waals surface area contributed by atoms with Crippen molar-refractivity contribution in [3.63, 3.8) is 0 Å². The van der Waals surface area contributed by atoms with E-state index in [2.05, 4.69) is 0 Å². The third-order valence-electron chi connectivity index (χ3n) is 3.18. The first kappa shape index (κ1) is 15.3. The smallest absolute Gasteiger partial charge is 0.306 e. The fourth-order valence-electron chi connectivity index (χ4n) is 2.09. The fraction of sp³-hybridized carbons (Fsp3) is 0.353. The molecule has 1 aromatic heterocycles. The first-order valence-electron chi connectivity index (χ1n) is 7.17. The summed E-state index contributed by atoms with van der Waals surface area (Å²) in [4.78, 5) is 11.3. The van der Waals surface area contributed by atoms with E-state index in [0.717, 1.165) is 22.6 Å². The van der Waals surface area contributed by atoms with Crippen LogP contribution >= 0.6 is 0 Å². The minimum Gasteiger partial charge on any atom is -0.466 e. The van der Waals surface area contributed by atoms with E-state index in [1.165, 1.54) is 0 Å². The lowest BCUT2D eigenvalue weighted by Gasteiger charge is -2.03. The van der Waals surface area contributed by atoms with Crippen LogP contribution in [0.4, 0.5) is 0 Å². The quantitative estimate of drug-likeness (QED) is 0.796. The molecule has 0 bridgehead atoms. The average Bonchev–Trinajstić information content (AvgIpc) is 2.95. The van der Waals surface area contributed by atoms with Crippen LogP contribution < -0.4 is 0 Å². The summed E-state index contributed by atoms with van der Waals surface area (Å²) in [6.45, 7) is 2.31. The van der Waals surface area contributed by atoms with Crippen LogP contribution in [0.15, 0.2) is 40.8 Å². The highest BCUT2D eigenvalue weighted by Gasteiger charge is 2.06. The molecule has 0 saturated carbocycles. The Morgan fingerprint density at radius 1 is 1.14 bits per heavy atom. The van der Waals surface area contributed by atoms with Gasteiger partial charge in [-0.25, -0.2) is 0 Å². The van der Waals surface area contributed by atoms with E-state index >= 15 is 0 Å². The van der Waals surface area contributed by atoms with Gasteiger partial charge in [0, 0.05) is 18.4 Å². The molecule has 1 aromatic carbocycles. The largest absolute Gasteiger partial charge is 0.466 e. The van der Waals surface area contributed by atoms with E-state index in [1.807, 2.05) is 36.4 Å². The van der Waals surface area contributed by atoms with Crippen LogP contribution in [0.1, 0.15) is 24.7 Å². The van der Waals surface area contributed by atoms with Crippen LogP contribution in [0.3, 0.4) is 0 Å². The highest BCUT2D eigenvalue weighted by molar-refractivity contribution is 5.69. The molecule has 21 heavy (non-hydrogen) atoms. The molecule has 0 fully saturated rings. The molecule has 2 rings (SSSR count). The second-order valence-corrected chi connectivity index (χ2v) is 4.74. The van der Waals surface area contributed by atoms with Crippen molar-refractivity contribution in [1.29, 1.82) is 0 Å². The lowest BCUT2D eigenvalue weighted by molar-refractivity contribution is -0.143. The molecule has 0 aliphatic rings. The lowest BCUT2D eigenvalue weighted by Crippen LogP contribution is -2.05. The Bertz CT molecular complexity index is 569. The SMILES string of the molecule is CCOC(=O)CCc1ccc(-c2ccc(CCO)o2)cc1. The zero-order valence-electron chi connectivity index (χ0n) is 12.2. The number of carbonyl (C=O) groups is 1. The molecule has 4 nitrogen and oxygen atoms in total. The number of furan rings is 1. The van der Waals surface area contributed by atoms with E-state index in [4.69, 9.17) is 14.3 Å². The number of aliphatic hydroxyl groups is 1. The molecular weight excluding hydrogens is 268 g/mol. The molecule has 112 valence electrons. The van der Waals surface area contributed by atoms with E-state index in [9.17, 15) is 4.79 Å². The van der Waals surface area contributed by atoms with Gasteiger partial charge in [-0.3, -0.25) is 4.79 Å². The summed E-state index contributed by atoms with van der Waals surface area (Å²) in [5.74, 6) is 1.40. The molecule has 1 heterocycles. The highest BCUT2D eigenvalue weighted by atomic mass is 16.5. The van der Waals surface area contributed by atoms with Crippen LogP contribution in [-0.2, 0) is 22.4 Å². The normalized spacial score (nSPS) is 10.6. The van der Waals surface area contributed by atoms with Gasteiger partial charge in [0.1, 0.15) is 11.5 Å². The number of hydrogen-bond acceptors (Lipinski definition) is 4. The molecule has 0 aliphatic carbocycles. The third-order valence-corrected chi connectivity index (χ3v) is 3.18. The number of aliphatic hydroxyl groups excluding tert-OH is 1. The van der Waals surface area contributed by atoms with Crippen LogP contribution in [0.5, 0.6) is 0 Å². The summed E-state index contributed by atoms with van der Waals surface area (Å²) < 4.78 is 10.6. The van der Waals surface area contributed by atoms with Crippen molar-refractivity contribution in [3.05, 3.63) is 47.7 Å². The molecule has 0 spiro atoms. The van der Waals surface area contributed by atoms with Crippen LogP contribution in [-0.4, -0.2) is 24.3 Å². The topological polar surface area (TPSA) is 59.7 Å². The standard InChI is InChI=1S/C17H20O4/c1-2-20-17(19)10-5-13-3-6-14(7-4-13)16-9-8-15(21-16)11-12-18/h3-4,6-9,18H,2,5,10-12H2,1H3. The molecule has 0 radical (unpaired) electrons. The molecule has 0 amide bonds. The Kier molecular flexibility index (Phi) is 5.58. The zero-order valence-corrected chi connectivity index (χ0v) is 12.2. The minimum atomic E-state index is -0.166. The van der Waals surface area contributed by atoms with Crippen LogP contribution in [0.2, 0.25) is 0 Å². The van der Waals surface area contributed by atoms with Gasteiger partial charge in [0.2, 0.25) is 0 Å². The van der Waals surface area contributed by atoms with Crippen molar-refractivity contribution in [1.82, 2.24) is 0 Å². The minimum absolute atomic E-state index is 0.0831. The zero-order chi connectivity index (χ0) is 15.1. The second-order valence-electron chi connectivity index (χ2n) is 4.74. The van der Waals surface area contributed by atoms with Crippen LogP contribution in [0, 0.1) is 0 Å². The lowest BCUT2D eigenvalue weighted by atomic mass is 10.1. The van der Waals surface area contributed by atoms with Gasteiger partial charge in [0.25, 0.3) is 0 Å². The first-order valence-corrected chi connectivity index (χ1v) is 7.17. The van der Waals surface area contributed by atoms with Gasteiger partial charge in [0.15, 0.2) is 0 Å². The number of carbonyl (C=O) groups excluding carboxylic acids is 1. The monoisotopic (exact) mass is 288 g/mol. The van der Waals surface area contributed by atoms with Crippen molar-refractivity contribution in [3.8, 4) is 11.3 Å². The Morgan fingerprint density at radius 3 is 2.57 bits per heavy atom. The van der Waals surface area contributed by atoms with Crippen molar-refractivity contribution in [2.45, 2.75) is 26.2 Å². The highest BCUT2D eigenvalue weighted by Crippen LogP contribution is 2.23. The number of rotatable bonds is 7. The predicted octanol–water partition coefficient (Wildman–Crippen LogP) is 2.98. The maximum Gasteiger partial charge on any atom is 0.306 e. The van der Waals surface area contributed by atoms with Gasteiger partial charge in [-0.05, 0) is 31.0 Å². The summed E-state index contributed by atoms with van der Waals surface area (Å²) in [5.41, 5.74) is 2.08. The summed E-state index contributed by atoms with van der Waals surface area (Å²) >= 11 is 0. The van der Waals surface area contributed by atoms with Gasteiger partial charge < -0.3 is 14.3 Å². The summed E-state index contributed by atoms with van der Waals surface area (Å²) in [6, 6.07) is 11.7. The Balaban J connectivity index is 1.96. The number of benzene rings is 1. The van der Waals surface area contributed by atoms with Crippen molar-refractivity contribution >= 4 is 5.97 Å². The van der Waals surface area contributed by atoms with E-state index < -0.39 is 0 Å². The van der Waals surface area contributed by atoms with Gasteiger partial charge in [-0.1, -0.05) is 24.3 Å². The molecule has 0 aliphatic heterocycles. The third kappa shape index (κ3) is 4.46. The van der Waals surface area contributed by atoms with E-state index in [-0.39, 0.29) is 12.6 Å². The maximum absolute atomic E-state index is 11.3. The molecule has 2 aromatic rings. The predicted molar refractivity (Wildman–Crippen MR) is 79.9 cm³/mol. The van der Waals surface area contributed by atoms with Gasteiger partial charge in [-0.2, -0.15) is 0 Å². The number of aryl methyl sites for hydroxylation is 1. The second kappa shape index (κ2) is 7.64. The van der Waals surface area contributed by atoms with Crippen molar-refractivity contribution in [2.24, 2.45) is 0 Å². The Hall–Kier alpha value is -2.07. The summed E-state index contributed by atoms with van der Waals surface area (Å²) in [7, 11) is 0. The number of esters is 1. The number of ether oxygens (including phenoxy) is 1. The molecule has 0 saturated heterocycles.